The molecule has 0 atom stereocenters. The Bertz CT molecular complexity index is 820. The highest BCUT2D eigenvalue weighted by molar-refractivity contribution is 7.15. The molecule has 2 N–H and O–H groups in total. The molecule has 0 radical (unpaired) electrons. The predicted octanol–water partition coefficient (Wildman–Crippen LogP) is 1.65. The summed E-state index contributed by atoms with van der Waals surface area (Å²) in [6, 6.07) is 10.1. The summed E-state index contributed by atoms with van der Waals surface area (Å²) in [5.74, 6) is 0.0706. The standard InChI is InChI=1S/C19H24N4OS/c1-3-22(4-2)11-10-20-18(24)12-16-14-25-19-21-17(13-23(16)19)15-8-6-5-7-9-15/h5-9,13-14H,3-4,10-12H2,1-2H3,(H,20,24)/p+1. The molecule has 0 aliphatic rings. The van der Waals surface area contributed by atoms with E-state index in [0.29, 0.717) is 6.42 Å². The Hall–Kier alpha value is -2.18. The van der Waals surface area contributed by atoms with Crippen molar-refractivity contribution in [1.29, 1.82) is 0 Å². The van der Waals surface area contributed by atoms with Gasteiger partial charge < -0.3 is 10.2 Å². The van der Waals surface area contributed by atoms with Crippen LogP contribution in [-0.2, 0) is 11.2 Å². The number of fused-ring (bicyclic) bond motifs is 1. The number of thiazole rings is 1. The van der Waals surface area contributed by atoms with Crippen LogP contribution in [0.2, 0.25) is 0 Å². The SMILES string of the molecule is CC[NH+](CC)CCNC(=O)Cc1csc2nc(-c3ccccc3)cn12. The Morgan fingerprint density at radius 3 is 2.72 bits per heavy atom. The Balaban J connectivity index is 1.64. The number of aromatic nitrogens is 2. The van der Waals surface area contributed by atoms with Crippen LogP contribution < -0.4 is 10.2 Å². The van der Waals surface area contributed by atoms with Gasteiger partial charge in [-0.05, 0) is 13.8 Å². The lowest BCUT2D eigenvalue weighted by atomic mass is 10.2. The number of carbonyl (C=O) groups is 1. The van der Waals surface area contributed by atoms with Crippen molar-refractivity contribution in [3.63, 3.8) is 0 Å². The normalized spacial score (nSPS) is 11.3. The second-order valence-electron chi connectivity index (χ2n) is 6.11. The summed E-state index contributed by atoms with van der Waals surface area (Å²) >= 11 is 1.58. The van der Waals surface area contributed by atoms with Crippen LogP contribution in [0.3, 0.4) is 0 Å². The largest absolute Gasteiger partial charge is 0.350 e. The Morgan fingerprint density at radius 1 is 1.24 bits per heavy atom. The van der Waals surface area contributed by atoms with Gasteiger partial charge in [-0.1, -0.05) is 30.3 Å². The van der Waals surface area contributed by atoms with Crippen molar-refractivity contribution < 1.29 is 9.69 Å². The first kappa shape index (κ1) is 17.6. The first-order valence-electron chi connectivity index (χ1n) is 8.82. The Kier molecular flexibility index (Phi) is 5.83. The first-order valence-corrected chi connectivity index (χ1v) is 9.70. The maximum Gasteiger partial charge on any atom is 0.226 e. The number of imidazole rings is 1. The van der Waals surface area contributed by atoms with E-state index in [-0.39, 0.29) is 5.91 Å². The zero-order valence-corrected chi connectivity index (χ0v) is 15.6. The molecule has 6 heteroatoms. The molecule has 0 aliphatic carbocycles. The number of benzene rings is 1. The second kappa shape index (κ2) is 8.27. The van der Waals surface area contributed by atoms with Crippen LogP contribution >= 0.6 is 11.3 Å². The summed E-state index contributed by atoms with van der Waals surface area (Å²) in [6.45, 7) is 8.23. The number of nitrogens with zero attached hydrogens (tertiary/aromatic N) is 2. The van der Waals surface area contributed by atoms with Gasteiger partial charge >= 0.3 is 0 Å². The van der Waals surface area contributed by atoms with Crippen molar-refractivity contribution in [3.05, 3.63) is 47.6 Å². The van der Waals surface area contributed by atoms with E-state index in [2.05, 4.69) is 24.1 Å². The zero-order chi connectivity index (χ0) is 17.6. The van der Waals surface area contributed by atoms with Crippen LogP contribution in [0.5, 0.6) is 0 Å². The zero-order valence-electron chi connectivity index (χ0n) is 14.8. The molecule has 3 rings (SSSR count). The molecule has 132 valence electrons. The lowest BCUT2D eigenvalue weighted by Gasteiger charge is -2.15. The van der Waals surface area contributed by atoms with Gasteiger partial charge in [0.1, 0.15) is 0 Å². The quantitative estimate of drug-likeness (QED) is 0.644. The minimum atomic E-state index is 0.0706. The van der Waals surface area contributed by atoms with Crippen molar-refractivity contribution in [1.82, 2.24) is 14.7 Å². The van der Waals surface area contributed by atoms with Gasteiger partial charge in [0.25, 0.3) is 0 Å². The van der Waals surface area contributed by atoms with Crippen LogP contribution in [0.4, 0.5) is 0 Å². The number of carbonyl (C=O) groups excluding carboxylic acids is 1. The maximum atomic E-state index is 12.2. The molecule has 2 aromatic heterocycles. The molecule has 2 heterocycles. The molecule has 1 amide bonds. The van der Waals surface area contributed by atoms with Crippen molar-refractivity contribution >= 4 is 22.2 Å². The second-order valence-corrected chi connectivity index (χ2v) is 6.94. The molecular formula is C19H25N4OS+. The number of nitrogens with one attached hydrogen (secondary N) is 2. The highest BCUT2D eigenvalue weighted by Gasteiger charge is 2.12. The molecule has 0 saturated heterocycles. The van der Waals surface area contributed by atoms with Crippen molar-refractivity contribution in [2.24, 2.45) is 0 Å². The van der Waals surface area contributed by atoms with E-state index in [1.165, 1.54) is 4.90 Å². The molecule has 0 fully saturated rings. The van der Waals surface area contributed by atoms with Crippen LogP contribution in [0.1, 0.15) is 19.5 Å². The van der Waals surface area contributed by atoms with Gasteiger partial charge in [-0.3, -0.25) is 9.20 Å². The molecule has 5 nitrogen and oxygen atoms in total. The van der Waals surface area contributed by atoms with Gasteiger partial charge in [0.2, 0.25) is 5.91 Å². The number of amides is 1. The third-order valence-corrected chi connectivity index (χ3v) is 5.38. The summed E-state index contributed by atoms with van der Waals surface area (Å²) in [4.78, 5) is 19.3. The summed E-state index contributed by atoms with van der Waals surface area (Å²) in [5.41, 5.74) is 3.03. The van der Waals surface area contributed by atoms with Gasteiger partial charge in [0, 0.05) is 22.8 Å². The topological polar surface area (TPSA) is 50.8 Å². The van der Waals surface area contributed by atoms with Crippen molar-refractivity contribution in [2.75, 3.05) is 26.2 Å². The number of hydrogen-bond acceptors (Lipinski definition) is 3. The van der Waals surface area contributed by atoms with Gasteiger partial charge in [-0.2, -0.15) is 0 Å². The van der Waals surface area contributed by atoms with E-state index >= 15 is 0 Å². The Labute approximate surface area is 152 Å². The van der Waals surface area contributed by atoms with E-state index in [0.717, 1.165) is 48.1 Å². The van der Waals surface area contributed by atoms with E-state index in [1.807, 2.05) is 46.3 Å². The Morgan fingerprint density at radius 2 is 2.00 bits per heavy atom. The number of hydrogen-bond donors (Lipinski definition) is 2. The van der Waals surface area contributed by atoms with Crippen molar-refractivity contribution in [2.45, 2.75) is 20.3 Å². The van der Waals surface area contributed by atoms with Crippen LogP contribution in [-0.4, -0.2) is 41.5 Å². The summed E-state index contributed by atoms with van der Waals surface area (Å²) in [6.07, 6.45) is 2.40. The van der Waals surface area contributed by atoms with Gasteiger partial charge in [-0.15, -0.1) is 11.3 Å². The smallest absolute Gasteiger partial charge is 0.226 e. The molecular weight excluding hydrogens is 332 g/mol. The average Bonchev–Trinajstić information content (AvgIpc) is 3.22. The summed E-state index contributed by atoms with van der Waals surface area (Å²) < 4.78 is 2.03. The highest BCUT2D eigenvalue weighted by Crippen LogP contribution is 2.23. The molecule has 25 heavy (non-hydrogen) atoms. The molecule has 3 aromatic rings. The van der Waals surface area contributed by atoms with Crippen LogP contribution in [0.25, 0.3) is 16.2 Å². The molecule has 0 aliphatic heterocycles. The van der Waals surface area contributed by atoms with E-state index in [4.69, 9.17) is 0 Å². The lowest BCUT2D eigenvalue weighted by molar-refractivity contribution is -0.895. The number of likely N-dealkylation sites (N-methyl/N-ethyl adjacent to an activating group) is 1. The minimum Gasteiger partial charge on any atom is -0.350 e. The van der Waals surface area contributed by atoms with E-state index < -0.39 is 0 Å². The molecule has 0 saturated carbocycles. The summed E-state index contributed by atoms with van der Waals surface area (Å²) in [7, 11) is 0. The monoisotopic (exact) mass is 357 g/mol. The summed E-state index contributed by atoms with van der Waals surface area (Å²) in [5, 5.41) is 5.05. The highest BCUT2D eigenvalue weighted by atomic mass is 32.1. The fraction of sp³-hybridized carbons (Fsp3) is 0.368. The van der Waals surface area contributed by atoms with Gasteiger partial charge in [0.05, 0.1) is 38.3 Å². The van der Waals surface area contributed by atoms with Crippen LogP contribution in [0, 0.1) is 0 Å². The van der Waals surface area contributed by atoms with E-state index in [1.54, 1.807) is 11.3 Å². The fourth-order valence-electron chi connectivity index (χ4n) is 2.91. The van der Waals surface area contributed by atoms with Crippen LogP contribution in [0.15, 0.2) is 41.9 Å². The van der Waals surface area contributed by atoms with E-state index in [9.17, 15) is 4.79 Å². The molecule has 1 aromatic carbocycles. The van der Waals surface area contributed by atoms with Gasteiger partial charge in [0.15, 0.2) is 4.96 Å². The fourth-order valence-corrected chi connectivity index (χ4v) is 3.79. The predicted molar refractivity (Wildman–Crippen MR) is 102 cm³/mol. The number of quaternary nitrogens is 1. The number of rotatable bonds is 8. The molecule has 0 spiro atoms. The third kappa shape index (κ3) is 4.27. The lowest BCUT2D eigenvalue weighted by Crippen LogP contribution is -3.12. The first-order chi connectivity index (χ1) is 12.2. The minimum absolute atomic E-state index is 0.0706. The van der Waals surface area contributed by atoms with Crippen molar-refractivity contribution in [3.8, 4) is 11.3 Å². The van der Waals surface area contributed by atoms with Gasteiger partial charge in [-0.25, -0.2) is 4.98 Å². The molecule has 0 bridgehead atoms. The maximum absolute atomic E-state index is 12.2. The third-order valence-electron chi connectivity index (χ3n) is 4.50. The molecule has 0 unspecified atom stereocenters. The average molecular weight is 358 g/mol.